The summed E-state index contributed by atoms with van der Waals surface area (Å²) in [6.07, 6.45) is 0. The highest BCUT2D eigenvalue weighted by Gasteiger charge is 2.40. The van der Waals surface area contributed by atoms with Crippen molar-refractivity contribution in [1.29, 1.82) is 0 Å². The van der Waals surface area contributed by atoms with Crippen LogP contribution in [0.25, 0.3) is 0 Å². The van der Waals surface area contributed by atoms with Crippen LogP contribution >= 0.6 is 23.7 Å². The first-order chi connectivity index (χ1) is 10.5. The van der Waals surface area contributed by atoms with E-state index in [1.807, 2.05) is 36.6 Å². The van der Waals surface area contributed by atoms with Crippen LogP contribution in [0.5, 0.6) is 0 Å². The van der Waals surface area contributed by atoms with Crippen molar-refractivity contribution in [2.45, 2.75) is 17.1 Å². The minimum atomic E-state index is -3.41. The van der Waals surface area contributed by atoms with Crippen molar-refractivity contribution >= 4 is 33.8 Å². The zero-order chi connectivity index (χ0) is 15.7. The van der Waals surface area contributed by atoms with Crippen molar-refractivity contribution in [2.75, 3.05) is 19.6 Å². The zero-order valence-corrected chi connectivity index (χ0v) is 15.3. The Morgan fingerprint density at radius 3 is 2.48 bits per heavy atom. The van der Waals surface area contributed by atoms with Gasteiger partial charge in [-0.2, -0.15) is 4.31 Å². The highest BCUT2D eigenvalue weighted by molar-refractivity contribution is 7.91. The molecule has 1 aliphatic rings. The summed E-state index contributed by atoms with van der Waals surface area (Å²) in [5.41, 5.74) is 7.88. The highest BCUT2D eigenvalue weighted by Crippen LogP contribution is 2.36. The molecule has 0 saturated carbocycles. The fourth-order valence-electron chi connectivity index (χ4n) is 3.09. The lowest BCUT2D eigenvalue weighted by molar-refractivity contribution is 0.460. The fraction of sp³-hybridized carbons (Fsp3) is 0.375. The second-order valence-corrected chi connectivity index (χ2v) is 8.78. The summed E-state index contributed by atoms with van der Waals surface area (Å²) in [6, 6.07) is 11.9. The van der Waals surface area contributed by atoms with Gasteiger partial charge in [0.15, 0.2) is 0 Å². The van der Waals surface area contributed by atoms with Crippen molar-refractivity contribution in [3.05, 3.63) is 52.9 Å². The van der Waals surface area contributed by atoms with E-state index in [-0.39, 0.29) is 24.2 Å². The average Bonchev–Trinajstić information content (AvgIpc) is 3.14. The maximum atomic E-state index is 12.9. The molecule has 1 aliphatic heterocycles. The Balaban J connectivity index is 0.00000192. The van der Waals surface area contributed by atoms with Crippen molar-refractivity contribution in [2.24, 2.45) is 11.7 Å². The number of halogens is 1. The van der Waals surface area contributed by atoms with Crippen LogP contribution in [0.1, 0.15) is 17.0 Å². The van der Waals surface area contributed by atoms with Gasteiger partial charge in [0.05, 0.1) is 0 Å². The van der Waals surface area contributed by atoms with E-state index in [4.69, 9.17) is 5.73 Å². The van der Waals surface area contributed by atoms with Crippen LogP contribution in [0, 0.1) is 12.8 Å². The van der Waals surface area contributed by atoms with Crippen molar-refractivity contribution < 1.29 is 8.42 Å². The van der Waals surface area contributed by atoms with E-state index >= 15 is 0 Å². The quantitative estimate of drug-likeness (QED) is 0.897. The van der Waals surface area contributed by atoms with Gasteiger partial charge >= 0.3 is 0 Å². The fourth-order valence-corrected chi connectivity index (χ4v) is 6.16. The van der Waals surface area contributed by atoms with Crippen LogP contribution in [-0.4, -0.2) is 32.4 Å². The summed E-state index contributed by atoms with van der Waals surface area (Å²) in [4.78, 5) is 0. The van der Waals surface area contributed by atoms with Gasteiger partial charge in [-0.05, 0) is 42.0 Å². The summed E-state index contributed by atoms with van der Waals surface area (Å²) in [6.45, 7) is 3.34. The molecule has 0 unspecified atom stereocenters. The van der Waals surface area contributed by atoms with Gasteiger partial charge < -0.3 is 5.73 Å². The molecule has 0 radical (unpaired) electrons. The van der Waals surface area contributed by atoms with Crippen LogP contribution in [-0.2, 0) is 10.0 Å². The number of hydrogen-bond acceptors (Lipinski definition) is 4. The van der Waals surface area contributed by atoms with Crippen molar-refractivity contribution in [1.82, 2.24) is 4.31 Å². The van der Waals surface area contributed by atoms with E-state index in [1.165, 1.54) is 16.9 Å². The van der Waals surface area contributed by atoms with Crippen LogP contribution in [0.4, 0.5) is 0 Å². The van der Waals surface area contributed by atoms with E-state index in [2.05, 4.69) is 12.1 Å². The minimum absolute atomic E-state index is 0. The van der Waals surface area contributed by atoms with Crippen LogP contribution in [0.2, 0.25) is 0 Å². The molecule has 4 nitrogen and oxygen atoms in total. The molecule has 1 aromatic heterocycles. The van der Waals surface area contributed by atoms with Gasteiger partial charge in [0, 0.05) is 19.0 Å². The second kappa shape index (κ2) is 7.32. The van der Waals surface area contributed by atoms with Gasteiger partial charge in [-0.1, -0.05) is 30.3 Å². The molecule has 2 heterocycles. The summed E-state index contributed by atoms with van der Waals surface area (Å²) < 4.78 is 27.8. The molecule has 7 heteroatoms. The molecule has 3 rings (SSSR count). The van der Waals surface area contributed by atoms with Gasteiger partial charge in [-0.25, -0.2) is 8.42 Å². The maximum absolute atomic E-state index is 12.9. The maximum Gasteiger partial charge on any atom is 0.252 e. The molecule has 2 atom stereocenters. The molecule has 126 valence electrons. The molecule has 0 spiro atoms. The van der Waals surface area contributed by atoms with E-state index in [0.29, 0.717) is 23.8 Å². The topological polar surface area (TPSA) is 63.4 Å². The van der Waals surface area contributed by atoms with E-state index in [9.17, 15) is 8.42 Å². The van der Waals surface area contributed by atoms with Gasteiger partial charge in [0.25, 0.3) is 10.0 Å². The molecule has 1 fully saturated rings. The van der Waals surface area contributed by atoms with Gasteiger partial charge in [0.1, 0.15) is 4.21 Å². The molecule has 1 aromatic carbocycles. The third-order valence-corrected chi connectivity index (χ3v) is 7.82. The molecule has 1 saturated heterocycles. The third-order valence-electron chi connectivity index (χ3n) is 4.33. The Labute approximate surface area is 147 Å². The number of nitrogens with zero attached hydrogens (tertiary/aromatic N) is 1. The SMILES string of the molecule is Cc1ccsc1S(=O)(=O)N1C[C@@H](CN)[C@H](c2ccccc2)C1.Cl. The summed E-state index contributed by atoms with van der Waals surface area (Å²) in [5, 5.41) is 1.83. The molecule has 23 heavy (non-hydrogen) atoms. The second-order valence-electron chi connectivity index (χ2n) is 5.73. The van der Waals surface area contributed by atoms with Crippen molar-refractivity contribution in [3.63, 3.8) is 0 Å². The van der Waals surface area contributed by atoms with Crippen molar-refractivity contribution in [3.8, 4) is 0 Å². The van der Waals surface area contributed by atoms with E-state index in [0.717, 1.165) is 5.56 Å². The monoisotopic (exact) mass is 372 g/mol. The lowest BCUT2D eigenvalue weighted by atomic mass is 9.89. The summed E-state index contributed by atoms with van der Waals surface area (Å²) in [5.74, 6) is 0.332. The molecular formula is C16H21ClN2O2S2. The molecule has 2 aromatic rings. The third kappa shape index (κ3) is 3.46. The van der Waals surface area contributed by atoms with Crippen LogP contribution in [0.15, 0.2) is 46.0 Å². The number of nitrogens with two attached hydrogens (primary N) is 1. The lowest BCUT2D eigenvalue weighted by Crippen LogP contribution is -2.29. The first kappa shape index (κ1) is 18.4. The number of thiophene rings is 1. The Morgan fingerprint density at radius 1 is 1.22 bits per heavy atom. The first-order valence-corrected chi connectivity index (χ1v) is 9.65. The summed E-state index contributed by atoms with van der Waals surface area (Å²) in [7, 11) is -3.41. The number of sulfonamides is 1. The molecular weight excluding hydrogens is 352 g/mol. The van der Waals surface area contributed by atoms with Gasteiger partial charge in [-0.15, -0.1) is 23.7 Å². The van der Waals surface area contributed by atoms with Gasteiger partial charge in [-0.3, -0.25) is 0 Å². The van der Waals surface area contributed by atoms with Crippen LogP contribution in [0.3, 0.4) is 0 Å². The molecule has 0 amide bonds. The Morgan fingerprint density at radius 2 is 1.91 bits per heavy atom. The predicted molar refractivity (Wildman–Crippen MR) is 96.8 cm³/mol. The minimum Gasteiger partial charge on any atom is -0.330 e. The number of rotatable bonds is 4. The smallest absolute Gasteiger partial charge is 0.252 e. The van der Waals surface area contributed by atoms with Gasteiger partial charge in [0.2, 0.25) is 0 Å². The average molecular weight is 373 g/mol. The normalized spacial score (nSPS) is 22.0. The number of hydrogen-bond donors (Lipinski definition) is 1. The summed E-state index contributed by atoms with van der Waals surface area (Å²) >= 11 is 1.29. The van der Waals surface area contributed by atoms with Crippen LogP contribution < -0.4 is 5.73 Å². The Kier molecular flexibility index (Phi) is 5.86. The number of aryl methyl sites for hydroxylation is 1. The first-order valence-electron chi connectivity index (χ1n) is 7.33. The standard InChI is InChI=1S/C16H20N2O2S2.ClH/c1-12-7-8-21-16(12)22(19,20)18-10-14(9-17)15(11-18)13-5-3-2-4-6-13;/h2-8,14-15H,9-11,17H2,1H3;1H/t14-,15+;/m1./s1. The lowest BCUT2D eigenvalue weighted by Gasteiger charge is -2.16. The number of benzene rings is 1. The molecule has 0 bridgehead atoms. The molecule has 0 aliphatic carbocycles. The van der Waals surface area contributed by atoms with E-state index in [1.54, 1.807) is 4.31 Å². The Hall–Kier alpha value is -0.920. The highest BCUT2D eigenvalue weighted by atomic mass is 35.5. The van der Waals surface area contributed by atoms with E-state index < -0.39 is 10.0 Å². The Bertz CT molecular complexity index is 746. The molecule has 2 N–H and O–H groups in total. The zero-order valence-electron chi connectivity index (χ0n) is 12.9. The largest absolute Gasteiger partial charge is 0.330 e. The predicted octanol–water partition coefficient (Wildman–Crippen LogP) is 2.84.